The van der Waals surface area contributed by atoms with Crippen LogP contribution in [0.1, 0.15) is 6.92 Å². The molecular formula is C22H21N3O3S3. The van der Waals surface area contributed by atoms with Gasteiger partial charge in [-0.25, -0.2) is 4.98 Å². The maximum atomic E-state index is 13.2. The lowest BCUT2D eigenvalue weighted by Gasteiger charge is -2.11. The number of carbonyl (C=O) groups is 1. The SMILES string of the molecule is CCn1c(SCC(=O)NCCOc2ccccc2)nc2scc(-c3cccs3)c2c1=O. The van der Waals surface area contributed by atoms with E-state index in [1.165, 1.54) is 23.1 Å². The maximum Gasteiger partial charge on any atom is 0.263 e. The molecule has 4 rings (SSSR count). The van der Waals surface area contributed by atoms with Gasteiger partial charge in [-0.1, -0.05) is 36.0 Å². The number of para-hydroxylation sites is 1. The van der Waals surface area contributed by atoms with Crippen molar-refractivity contribution in [3.8, 4) is 16.2 Å². The van der Waals surface area contributed by atoms with Gasteiger partial charge in [-0.15, -0.1) is 22.7 Å². The molecule has 0 spiro atoms. The van der Waals surface area contributed by atoms with E-state index < -0.39 is 0 Å². The van der Waals surface area contributed by atoms with E-state index >= 15 is 0 Å². The molecule has 1 aromatic carbocycles. The summed E-state index contributed by atoms with van der Waals surface area (Å²) in [5.74, 6) is 0.837. The molecule has 0 aliphatic heterocycles. The van der Waals surface area contributed by atoms with Crippen molar-refractivity contribution in [3.63, 3.8) is 0 Å². The van der Waals surface area contributed by atoms with Crippen LogP contribution in [0.15, 0.2) is 63.2 Å². The fraction of sp³-hybridized carbons (Fsp3) is 0.227. The van der Waals surface area contributed by atoms with Crippen molar-refractivity contribution in [3.05, 3.63) is 63.6 Å². The zero-order valence-electron chi connectivity index (χ0n) is 16.9. The first-order valence-electron chi connectivity index (χ1n) is 9.80. The fourth-order valence-corrected chi connectivity index (χ4v) is 5.76. The lowest BCUT2D eigenvalue weighted by Crippen LogP contribution is -2.30. The van der Waals surface area contributed by atoms with E-state index in [-0.39, 0.29) is 17.2 Å². The summed E-state index contributed by atoms with van der Waals surface area (Å²) < 4.78 is 7.22. The molecule has 9 heteroatoms. The summed E-state index contributed by atoms with van der Waals surface area (Å²) in [6.07, 6.45) is 0. The Morgan fingerprint density at radius 2 is 2.03 bits per heavy atom. The highest BCUT2D eigenvalue weighted by Crippen LogP contribution is 2.34. The Hall–Kier alpha value is -2.62. The number of amides is 1. The molecular weight excluding hydrogens is 450 g/mol. The molecule has 0 saturated carbocycles. The number of hydrogen-bond acceptors (Lipinski definition) is 7. The van der Waals surface area contributed by atoms with Crippen LogP contribution < -0.4 is 15.6 Å². The molecule has 31 heavy (non-hydrogen) atoms. The van der Waals surface area contributed by atoms with Gasteiger partial charge < -0.3 is 10.1 Å². The molecule has 0 bridgehead atoms. The van der Waals surface area contributed by atoms with E-state index in [0.717, 1.165) is 16.2 Å². The molecule has 1 N–H and O–H groups in total. The van der Waals surface area contributed by atoms with Crippen molar-refractivity contribution in [1.29, 1.82) is 0 Å². The van der Waals surface area contributed by atoms with Gasteiger partial charge in [0.05, 0.1) is 17.7 Å². The third-order valence-corrected chi connectivity index (χ3v) is 7.28. The molecule has 0 aliphatic rings. The van der Waals surface area contributed by atoms with Crippen LogP contribution in [0, 0.1) is 0 Å². The minimum atomic E-state index is -0.121. The highest BCUT2D eigenvalue weighted by atomic mass is 32.2. The first kappa shape index (κ1) is 21.6. The summed E-state index contributed by atoms with van der Waals surface area (Å²) in [4.78, 5) is 31.8. The van der Waals surface area contributed by atoms with Gasteiger partial charge in [0.2, 0.25) is 5.91 Å². The molecule has 0 radical (unpaired) electrons. The van der Waals surface area contributed by atoms with Gasteiger partial charge in [0.25, 0.3) is 5.56 Å². The minimum Gasteiger partial charge on any atom is -0.492 e. The molecule has 4 aromatic rings. The molecule has 3 heterocycles. The summed E-state index contributed by atoms with van der Waals surface area (Å²) in [5, 5.41) is 8.04. The summed E-state index contributed by atoms with van der Waals surface area (Å²) in [5.41, 5.74) is 0.874. The number of benzene rings is 1. The number of fused-ring (bicyclic) bond motifs is 1. The molecule has 6 nitrogen and oxygen atoms in total. The topological polar surface area (TPSA) is 73.2 Å². The van der Waals surface area contributed by atoms with Gasteiger partial charge in [-0.3, -0.25) is 14.2 Å². The van der Waals surface area contributed by atoms with Gasteiger partial charge in [0.1, 0.15) is 17.2 Å². The number of thiophene rings is 2. The molecule has 0 unspecified atom stereocenters. The number of nitrogens with one attached hydrogen (secondary N) is 1. The van der Waals surface area contributed by atoms with Gasteiger partial charge in [0, 0.05) is 22.4 Å². The fourth-order valence-electron chi connectivity index (χ4n) is 3.07. The van der Waals surface area contributed by atoms with Crippen LogP contribution in [0.5, 0.6) is 5.75 Å². The van der Waals surface area contributed by atoms with Crippen molar-refractivity contribution in [2.45, 2.75) is 18.6 Å². The number of aromatic nitrogens is 2. The Kier molecular flexibility index (Phi) is 7.06. The molecule has 0 fully saturated rings. The number of thioether (sulfide) groups is 1. The van der Waals surface area contributed by atoms with Crippen molar-refractivity contribution in [2.24, 2.45) is 0 Å². The third kappa shape index (κ3) is 5.00. The van der Waals surface area contributed by atoms with Gasteiger partial charge in [-0.2, -0.15) is 0 Å². The average Bonchev–Trinajstić information content (AvgIpc) is 3.46. The highest BCUT2D eigenvalue weighted by molar-refractivity contribution is 7.99. The van der Waals surface area contributed by atoms with E-state index in [1.807, 2.05) is 60.1 Å². The smallest absolute Gasteiger partial charge is 0.263 e. The van der Waals surface area contributed by atoms with Gasteiger partial charge in [0.15, 0.2) is 5.16 Å². The van der Waals surface area contributed by atoms with Crippen LogP contribution in [0.3, 0.4) is 0 Å². The van der Waals surface area contributed by atoms with E-state index in [1.54, 1.807) is 15.9 Å². The third-order valence-electron chi connectivity index (χ3n) is 4.53. The summed E-state index contributed by atoms with van der Waals surface area (Å²) in [6.45, 7) is 3.22. The largest absolute Gasteiger partial charge is 0.492 e. The lowest BCUT2D eigenvalue weighted by molar-refractivity contribution is -0.118. The second-order valence-corrected chi connectivity index (χ2v) is 9.30. The van der Waals surface area contributed by atoms with Crippen molar-refractivity contribution >= 4 is 50.6 Å². The number of hydrogen-bond donors (Lipinski definition) is 1. The predicted molar refractivity (Wildman–Crippen MR) is 129 cm³/mol. The number of carbonyl (C=O) groups excluding carboxylic acids is 1. The summed E-state index contributed by atoms with van der Waals surface area (Å²) in [7, 11) is 0. The number of nitrogens with zero attached hydrogens (tertiary/aromatic N) is 2. The summed E-state index contributed by atoms with van der Waals surface area (Å²) >= 11 is 4.35. The van der Waals surface area contributed by atoms with Crippen LogP contribution in [0.4, 0.5) is 0 Å². The maximum absolute atomic E-state index is 13.2. The van der Waals surface area contributed by atoms with Crippen molar-refractivity contribution in [1.82, 2.24) is 14.9 Å². The first-order valence-corrected chi connectivity index (χ1v) is 12.5. The van der Waals surface area contributed by atoms with E-state index in [0.29, 0.717) is 35.1 Å². The van der Waals surface area contributed by atoms with E-state index in [4.69, 9.17) is 4.74 Å². The zero-order chi connectivity index (χ0) is 21.6. The molecule has 3 aromatic heterocycles. The normalized spacial score (nSPS) is 11.0. The molecule has 160 valence electrons. The summed E-state index contributed by atoms with van der Waals surface area (Å²) in [6, 6.07) is 13.5. The second-order valence-electron chi connectivity index (χ2n) is 6.55. The average molecular weight is 472 g/mol. The van der Waals surface area contributed by atoms with Gasteiger partial charge in [-0.05, 0) is 30.5 Å². The van der Waals surface area contributed by atoms with Crippen molar-refractivity contribution < 1.29 is 9.53 Å². The lowest BCUT2D eigenvalue weighted by atomic mass is 10.2. The Balaban J connectivity index is 1.40. The minimum absolute atomic E-state index is 0.0590. The first-order chi connectivity index (χ1) is 15.2. The van der Waals surface area contributed by atoms with E-state index in [9.17, 15) is 9.59 Å². The van der Waals surface area contributed by atoms with Crippen LogP contribution in [-0.2, 0) is 11.3 Å². The quantitative estimate of drug-likeness (QED) is 0.221. The molecule has 1 amide bonds. The van der Waals surface area contributed by atoms with E-state index in [2.05, 4.69) is 10.3 Å². The highest BCUT2D eigenvalue weighted by Gasteiger charge is 2.17. The monoisotopic (exact) mass is 471 g/mol. The zero-order valence-corrected chi connectivity index (χ0v) is 19.3. The van der Waals surface area contributed by atoms with Crippen LogP contribution >= 0.6 is 34.4 Å². The second kappa shape index (κ2) is 10.1. The number of ether oxygens (including phenoxy) is 1. The number of rotatable bonds is 9. The Labute approximate surface area is 191 Å². The Morgan fingerprint density at radius 1 is 1.19 bits per heavy atom. The van der Waals surface area contributed by atoms with Crippen LogP contribution in [0.25, 0.3) is 20.7 Å². The molecule has 0 saturated heterocycles. The van der Waals surface area contributed by atoms with Crippen LogP contribution in [-0.4, -0.2) is 34.4 Å². The predicted octanol–water partition coefficient (Wildman–Crippen LogP) is 4.49. The van der Waals surface area contributed by atoms with Gasteiger partial charge >= 0.3 is 0 Å². The molecule has 0 atom stereocenters. The molecule has 0 aliphatic carbocycles. The Bertz CT molecular complexity index is 1220. The Morgan fingerprint density at radius 3 is 2.77 bits per heavy atom. The van der Waals surface area contributed by atoms with Crippen LogP contribution in [0.2, 0.25) is 0 Å². The van der Waals surface area contributed by atoms with Crippen molar-refractivity contribution in [2.75, 3.05) is 18.9 Å². The standard InChI is InChI=1S/C22H21N3O3S3/c1-2-25-21(27)19-16(17-9-6-12-29-17)13-30-20(19)24-22(25)31-14-18(26)23-10-11-28-15-7-4-3-5-8-15/h3-9,12-13H,2,10-11,14H2,1H3,(H,23,26).